The van der Waals surface area contributed by atoms with Gasteiger partial charge in [0.1, 0.15) is 17.5 Å². The van der Waals surface area contributed by atoms with E-state index < -0.39 is 0 Å². The van der Waals surface area contributed by atoms with Gasteiger partial charge in [0, 0.05) is 12.1 Å². The van der Waals surface area contributed by atoms with Crippen LogP contribution in [0.5, 0.6) is 28.7 Å². The van der Waals surface area contributed by atoms with E-state index in [1.165, 1.54) is 7.11 Å². The van der Waals surface area contributed by atoms with Crippen LogP contribution in [0.3, 0.4) is 0 Å². The minimum atomic E-state index is -0.170. The Labute approximate surface area is 151 Å². The van der Waals surface area contributed by atoms with Crippen LogP contribution in [0, 0.1) is 0 Å². The SMILES string of the molecule is COc1cc(OC)c(N2N=NCC2c2ccc(OC)c(OC)c2)cc1O. The Hall–Kier alpha value is -3.16. The van der Waals surface area contributed by atoms with Gasteiger partial charge < -0.3 is 24.1 Å². The molecule has 2 aromatic carbocycles. The lowest BCUT2D eigenvalue weighted by Gasteiger charge is -2.25. The molecule has 8 nitrogen and oxygen atoms in total. The molecule has 26 heavy (non-hydrogen) atoms. The van der Waals surface area contributed by atoms with E-state index in [0.717, 1.165) is 5.56 Å². The lowest BCUT2D eigenvalue weighted by molar-refractivity contribution is 0.354. The molecule has 3 rings (SSSR count). The van der Waals surface area contributed by atoms with Gasteiger partial charge in [-0.15, -0.1) is 0 Å². The fourth-order valence-corrected chi connectivity index (χ4v) is 2.89. The molecule has 1 atom stereocenters. The molecule has 1 aliphatic heterocycles. The Morgan fingerprint density at radius 2 is 1.58 bits per heavy atom. The molecule has 138 valence electrons. The molecule has 0 fully saturated rings. The molecule has 0 radical (unpaired) electrons. The normalized spacial score (nSPS) is 15.8. The Kier molecular flexibility index (Phi) is 5.01. The second-order valence-electron chi connectivity index (χ2n) is 5.58. The van der Waals surface area contributed by atoms with Crippen LogP contribution in [-0.4, -0.2) is 40.1 Å². The molecular formula is C18H21N3O5. The first-order valence-corrected chi connectivity index (χ1v) is 7.96. The van der Waals surface area contributed by atoms with Gasteiger partial charge in [0.05, 0.1) is 35.0 Å². The predicted octanol–water partition coefficient (Wildman–Crippen LogP) is 3.36. The average molecular weight is 359 g/mol. The largest absolute Gasteiger partial charge is 0.504 e. The molecule has 0 aromatic heterocycles. The number of ether oxygens (including phenoxy) is 4. The number of phenolic OH excluding ortho intramolecular Hbond substituents is 1. The highest BCUT2D eigenvalue weighted by Gasteiger charge is 2.29. The second kappa shape index (κ2) is 7.38. The van der Waals surface area contributed by atoms with E-state index >= 15 is 0 Å². The number of rotatable bonds is 6. The lowest BCUT2D eigenvalue weighted by Crippen LogP contribution is -2.21. The third kappa shape index (κ3) is 3.05. The van der Waals surface area contributed by atoms with Gasteiger partial charge in [-0.2, -0.15) is 5.11 Å². The standard InChI is InChI=1S/C18H21N3O5/c1-23-15-6-5-11(7-18(15)26-4)13-10-19-20-21(13)12-8-14(22)17(25-3)9-16(12)24-2/h5-9,13,22H,10H2,1-4H3. The molecule has 1 heterocycles. The van der Waals surface area contributed by atoms with Gasteiger partial charge in [-0.05, 0) is 17.7 Å². The highest BCUT2D eigenvalue weighted by molar-refractivity contribution is 5.66. The van der Waals surface area contributed by atoms with Crippen molar-refractivity contribution in [3.63, 3.8) is 0 Å². The lowest BCUT2D eigenvalue weighted by atomic mass is 10.0. The van der Waals surface area contributed by atoms with Gasteiger partial charge in [0.2, 0.25) is 0 Å². The van der Waals surface area contributed by atoms with E-state index in [2.05, 4.69) is 10.3 Å². The zero-order chi connectivity index (χ0) is 18.7. The number of hydrogen-bond acceptors (Lipinski definition) is 8. The maximum absolute atomic E-state index is 10.2. The van der Waals surface area contributed by atoms with E-state index in [1.807, 2.05) is 18.2 Å². The van der Waals surface area contributed by atoms with Crippen molar-refractivity contribution in [1.82, 2.24) is 0 Å². The van der Waals surface area contributed by atoms with Crippen LogP contribution in [0.1, 0.15) is 11.6 Å². The van der Waals surface area contributed by atoms with E-state index in [0.29, 0.717) is 35.2 Å². The summed E-state index contributed by atoms with van der Waals surface area (Å²) in [5.41, 5.74) is 1.54. The number of anilines is 1. The van der Waals surface area contributed by atoms with Crippen molar-refractivity contribution >= 4 is 5.69 Å². The molecule has 1 unspecified atom stereocenters. The summed E-state index contributed by atoms with van der Waals surface area (Å²) in [6.07, 6.45) is 0. The van der Waals surface area contributed by atoms with E-state index in [1.54, 1.807) is 38.5 Å². The Morgan fingerprint density at radius 3 is 2.23 bits per heavy atom. The molecule has 1 N–H and O–H groups in total. The summed E-state index contributed by atoms with van der Waals surface area (Å²) in [4.78, 5) is 0. The Balaban J connectivity index is 2.01. The summed E-state index contributed by atoms with van der Waals surface area (Å²) in [6.45, 7) is 0.464. The molecule has 1 aliphatic rings. The second-order valence-corrected chi connectivity index (χ2v) is 5.58. The van der Waals surface area contributed by atoms with Crippen LogP contribution in [0.2, 0.25) is 0 Å². The minimum Gasteiger partial charge on any atom is -0.504 e. The van der Waals surface area contributed by atoms with Gasteiger partial charge in [-0.1, -0.05) is 11.3 Å². The summed E-state index contributed by atoms with van der Waals surface area (Å²) < 4.78 is 21.3. The predicted molar refractivity (Wildman–Crippen MR) is 95.7 cm³/mol. The van der Waals surface area contributed by atoms with Gasteiger partial charge in [0.25, 0.3) is 0 Å². The van der Waals surface area contributed by atoms with Crippen molar-refractivity contribution in [1.29, 1.82) is 0 Å². The molecule has 0 saturated heterocycles. The first-order valence-electron chi connectivity index (χ1n) is 7.96. The Morgan fingerprint density at radius 1 is 0.885 bits per heavy atom. The van der Waals surface area contributed by atoms with Crippen molar-refractivity contribution in [2.24, 2.45) is 10.3 Å². The maximum atomic E-state index is 10.2. The summed E-state index contributed by atoms with van der Waals surface area (Å²) in [5.74, 6) is 2.11. The monoisotopic (exact) mass is 359 g/mol. The van der Waals surface area contributed by atoms with E-state index in [4.69, 9.17) is 18.9 Å². The third-order valence-corrected chi connectivity index (χ3v) is 4.23. The molecule has 0 aliphatic carbocycles. The fourth-order valence-electron chi connectivity index (χ4n) is 2.89. The highest BCUT2D eigenvalue weighted by Crippen LogP contribution is 2.44. The van der Waals surface area contributed by atoms with Crippen LogP contribution < -0.4 is 24.0 Å². The molecule has 0 spiro atoms. The first-order chi connectivity index (χ1) is 12.6. The van der Waals surface area contributed by atoms with Gasteiger partial charge in [0.15, 0.2) is 23.0 Å². The molecule has 0 saturated carbocycles. The van der Waals surface area contributed by atoms with Crippen LogP contribution in [0.15, 0.2) is 40.7 Å². The van der Waals surface area contributed by atoms with Crippen LogP contribution in [0.25, 0.3) is 0 Å². The van der Waals surface area contributed by atoms with Gasteiger partial charge in [-0.3, -0.25) is 0 Å². The van der Waals surface area contributed by atoms with Gasteiger partial charge in [-0.25, -0.2) is 5.01 Å². The molecule has 0 amide bonds. The maximum Gasteiger partial charge on any atom is 0.164 e. The molecule has 0 bridgehead atoms. The number of hydrogen-bond donors (Lipinski definition) is 1. The van der Waals surface area contributed by atoms with Crippen molar-refractivity contribution in [2.45, 2.75) is 6.04 Å². The van der Waals surface area contributed by atoms with E-state index in [9.17, 15) is 5.11 Å². The first kappa shape index (κ1) is 17.7. The van der Waals surface area contributed by atoms with E-state index in [-0.39, 0.29) is 11.8 Å². The van der Waals surface area contributed by atoms with Crippen molar-refractivity contribution in [3.05, 3.63) is 35.9 Å². The number of aromatic hydroxyl groups is 1. The molecular weight excluding hydrogens is 338 g/mol. The number of nitrogens with zero attached hydrogens (tertiary/aromatic N) is 3. The van der Waals surface area contributed by atoms with Crippen molar-refractivity contribution in [2.75, 3.05) is 40.0 Å². The molecule has 2 aromatic rings. The molecule has 8 heteroatoms. The number of benzene rings is 2. The van der Waals surface area contributed by atoms with Crippen LogP contribution >= 0.6 is 0 Å². The van der Waals surface area contributed by atoms with Crippen LogP contribution in [-0.2, 0) is 0 Å². The van der Waals surface area contributed by atoms with Crippen molar-refractivity contribution < 1.29 is 24.1 Å². The summed E-state index contributed by atoms with van der Waals surface area (Å²) in [7, 11) is 6.21. The highest BCUT2D eigenvalue weighted by atomic mass is 16.5. The smallest absolute Gasteiger partial charge is 0.164 e. The fraction of sp³-hybridized carbons (Fsp3) is 0.333. The number of methoxy groups -OCH3 is 4. The van der Waals surface area contributed by atoms with Crippen molar-refractivity contribution in [3.8, 4) is 28.7 Å². The van der Waals surface area contributed by atoms with Crippen LogP contribution in [0.4, 0.5) is 5.69 Å². The zero-order valence-corrected chi connectivity index (χ0v) is 15.1. The summed E-state index contributed by atoms with van der Waals surface area (Å²) >= 11 is 0. The van der Waals surface area contributed by atoms with Gasteiger partial charge >= 0.3 is 0 Å². The third-order valence-electron chi connectivity index (χ3n) is 4.23. The minimum absolute atomic E-state index is 0.00328. The Bertz CT molecular complexity index is 825. The average Bonchev–Trinajstić information content (AvgIpc) is 3.16. The summed E-state index contributed by atoms with van der Waals surface area (Å²) in [5, 5.41) is 20.2. The zero-order valence-electron chi connectivity index (χ0n) is 15.1. The summed E-state index contributed by atoms with van der Waals surface area (Å²) in [6, 6.07) is 8.66. The quantitative estimate of drug-likeness (QED) is 0.851. The topological polar surface area (TPSA) is 85.1 Å². The number of phenols is 1.